The van der Waals surface area contributed by atoms with Crippen molar-refractivity contribution in [1.29, 1.82) is 0 Å². The molecule has 0 bridgehead atoms. The first kappa shape index (κ1) is 14.2. The Bertz CT molecular complexity index is 622. The van der Waals surface area contributed by atoms with Crippen LogP contribution in [0.25, 0.3) is 0 Å². The van der Waals surface area contributed by atoms with E-state index in [0.717, 1.165) is 30.2 Å². The molecule has 1 saturated carbocycles. The number of aliphatic imine (C=N–C) groups is 2. The summed E-state index contributed by atoms with van der Waals surface area (Å²) in [6, 6.07) is 5.32. The van der Waals surface area contributed by atoms with Crippen LogP contribution in [0.3, 0.4) is 0 Å². The fourth-order valence-corrected chi connectivity index (χ4v) is 3.50. The molecular weight excluding hydrogens is 334 g/mol. The summed E-state index contributed by atoms with van der Waals surface area (Å²) in [4.78, 5) is 10.5. The smallest absolute Gasteiger partial charge is 0.220 e. The second-order valence-corrected chi connectivity index (χ2v) is 6.37. The van der Waals surface area contributed by atoms with E-state index in [9.17, 15) is 5.11 Å². The van der Waals surface area contributed by atoms with E-state index < -0.39 is 5.66 Å². The van der Waals surface area contributed by atoms with Crippen molar-refractivity contribution in [3.05, 3.63) is 22.7 Å². The second kappa shape index (κ2) is 5.22. The van der Waals surface area contributed by atoms with Crippen LogP contribution in [0.15, 0.2) is 32.7 Å². The first-order chi connectivity index (χ1) is 10.0. The van der Waals surface area contributed by atoms with E-state index >= 15 is 0 Å². The third-order valence-electron chi connectivity index (χ3n) is 4.03. The van der Waals surface area contributed by atoms with E-state index in [1.165, 1.54) is 6.42 Å². The molecule has 0 aromatic heterocycles. The molecule has 2 aliphatic rings. The predicted molar refractivity (Wildman–Crippen MR) is 87.3 cm³/mol. The average Bonchev–Trinajstić information content (AvgIpc) is 2.41. The van der Waals surface area contributed by atoms with Gasteiger partial charge in [-0.15, -0.1) is 0 Å². The number of nitrogens with zero attached hydrogens (tertiary/aromatic N) is 3. The molecule has 0 unspecified atom stereocenters. The first-order valence-corrected chi connectivity index (χ1v) is 7.79. The number of phenols is 1. The van der Waals surface area contributed by atoms with E-state index in [-0.39, 0.29) is 17.7 Å². The van der Waals surface area contributed by atoms with Crippen LogP contribution >= 0.6 is 15.9 Å². The number of rotatable bonds is 1. The molecule has 21 heavy (non-hydrogen) atoms. The van der Waals surface area contributed by atoms with Gasteiger partial charge in [0.15, 0.2) is 0 Å². The third kappa shape index (κ3) is 2.46. The summed E-state index contributed by atoms with van der Waals surface area (Å²) in [7, 11) is 0. The quantitative estimate of drug-likeness (QED) is 0.722. The summed E-state index contributed by atoms with van der Waals surface area (Å²) in [5.74, 6) is 0.632. The normalized spacial score (nSPS) is 21.1. The number of nitrogens with two attached hydrogens (primary N) is 2. The van der Waals surface area contributed by atoms with E-state index in [4.69, 9.17) is 11.5 Å². The maximum absolute atomic E-state index is 10.3. The Hall–Kier alpha value is -1.76. The van der Waals surface area contributed by atoms with Crippen molar-refractivity contribution in [1.82, 2.24) is 0 Å². The van der Waals surface area contributed by atoms with Gasteiger partial charge in [-0.1, -0.05) is 22.4 Å². The van der Waals surface area contributed by atoms with Crippen molar-refractivity contribution in [2.75, 3.05) is 4.90 Å². The van der Waals surface area contributed by atoms with Crippen molar-refractivity contribution in [2.45, 2.75) is 37.8 Å². The maximum Gasteiger partial charge on any atom is 0.220 e. The summed E-state index contributed by atoms with van der Waals surface area (Å²) >= 11 is 3.34. The molecule has 0 amide bonds. The highest BCUT2D eigenvalue weighted by Crippen LogP contribution is 2.42. The highest BCUT2D eigenvalue weighted by molar-refractivity contribution is 9.10. The van der Waals surface area contributed by atoms with E-state index in [1.54, 1.807) is 6.07 Å². The second-order valence-electron chi connectivity index (χ2n) is 5.45. The Morgan fingerprint density at radius 1 is 1.19 bits per heavy atom. The highest BCUT2D eigenvalue weighted by atomic mass is 79.9. The third-order valence-corrected chi connectivity index (χ3v) is 4.52. The van der Waals surface area contributed by atoms with Crippen LogP contribution in [-0.2, 0) is 0 Å². The topological polar surface area (TPSA) is 100 Å². The van der Waals surface area contributed by atoms with Gasteiger partial charge in [0.25, 0.3) is 0 Å². The zero-order valence-electron chi connectivity index (χ0n) is 11.6. The summed E-state index contributed by atoms with van der Waals surface area (Å²) in [6.07, 6.45) is 4.98. The van der Waals surface area contributed by atoms with Crippen molar-refractivity contribution in [3.63, 3.8) is 0 Å². The molecular formula is C14H18BrN5O. The van der Waals surface area contributed by atoms with Gasteiger partial charge < -0.3 is 16.6 Å². The van der Waals surface area contributed by atoms with Crippen LogP contribution in [-0.4, -0.2) is 22.7 Å². The minimum Gasteiger partial charge on any atom is -0.506 e. The standard InChI is InChI=1S/C14H18BrN5O/c15-9-4-5-10(11(21)8-9)20-13(17)18-12(16)19-14(20)6-2-1-3-7-14/h4-5,8,21H,1-3,6-7H2,(H4,16,17,18,19). The average molecular weight is 352 g/mol. The Labute approximate surface area is 131 Å². The molecule has 5 N–H and O–H groups in total. The lowest BCUT2D eigenvalue weighted by molar-refractivity contribution is 0.303. The number of anilines is 1. The summed E-state index contributed by atoms with van der Waals surface area (Å²) in [5, 5.41) is 10.3. The Morgan fingerprint density at radius 3 is 2.57 bits per heavy atom. The minimum absolute atomic E-state index is 0.142. The van der Waals surface area contributed by atoms with E-state index in [2.05, 4.69) is 25.9 Å². The van der Waals surface area contributed by atoms with Gasteiger partial charge in [-0.2, -0.15) is 4.99 Å². The van der Waals surface area contributed by atoms with Gasteiger partial charge in [-0.05, 0) is 43.9 Å². The molecule has 1 aromatic rings. The molecule has 0 saturated heterocycles. The predicted octanol–water partition coefficient (Wildman–Crippen LogP) is 2.26. The van der Waals surface area contributed by atoms with Gasteiger partial charge in [0.1, 0.15) is 11.4 Å². The molecule has 1 spiro atoms. The molecule has 1 aliphatic carbocycles. The fourth-order valence-electron chi connectivity index (χ4n) is 3.16. The summed E-state index contributed by atoms with van der Waals surface area (Å²) in [5.41, 5.74) is 12.0. The Morgan fingerprint density at radius 2 is 1.90 bits per heavy atom. The van der Waals surface area contributed by atoms with Crippen LogP contribution < -0.4 is 16.4 Å². The Kier molecular flexibility index (Phi) is 3.52. The highest BCUT2D eigenvalue weighted by Gasteiger charge is 2.43. The molecule has 6 nitrogen and oxygen atoms in total. The molecule has 1 aromatic carbocycles. The van der Waals surface area contributed by atoms with Gasteiger partial charge in [0.05, 0.1) is 5.69 Å². The molecule has 3 rings (SSSR count). The summed E-state index contributed by atoms with van der Waals surface area (Å²) in [6.45, 7) is 0. The van der Waals surface area contributed by atoms with Gasteiger partial charge in [0.2, 0.25) is 11.9 Å². The van der Waals surface area contributed by atoms with Crippen LogP contribution in [0.5, 0.6) is 5.75 Å². The number of hydrogen-bond donors (Lipinski definition) is 3. The van der Waals surface area contributed by atoms with Crippen molar-refractivity contribution >= 4 is 33.5 Å². The number of benzene rings is 1. The molecule has 1 heterocycles. The largest absolute Gasteiger partial charge is 0.506 e. The number of aromatic hydroxyl groups is 1. The number of guanidine groups is 2. The first-order valence-electron chi connectivity index (χ1n) is 7.00. The Balaban J connectivity index is 2.10. The van der Waals surface area contributed by atoms with Crippen molar-refractivity contribution < 1.29 is 5.11 Å². The van der Waals surface area contributed by atoms with Gasteiger partial charge in [0, 0.05) is 4.47 Å². The van der Waals surface area contributed by atoms with Crippen molar-refractivity contribution in [2.24, 2.45) is 21.5 Å². The zero-order chi connectivity index (χ0) is 15.0. The van der Waals surface area contributed by atoms with Crippen LogP contribution in [0.2, 0.25) is 0 Å². The van der Waals surface area contributed by atoms with Crippen LogP contribution in [0.4, 0.5) is 5.69 Å². The molecule has 0 radical (unpaired) electrons. The molecule has 1 fully saturated rings. The number of hydrogen-bond acceptors (Lipinski definition) is 6. The van der Waals surface area contributed by atoms with Crippen LogP contribution in [0.1, 0.15) is 32.1 Å². The lowest BCUT2D eigenvalue weighted by Crippen LogP contribution is -2.58. The van der Waals surface area contributed by atoms with Crippen molar-refractivity contribution in [3.8, 4) is 5.75 Å². The lowest BCUT2D eigenvalue weighted by Gasteiger charge is -2.45. The van der Waals surface area contributed by atoms with Gasteiger partial charge in [-0.3, -0.25) is 4.90 Å². The van der Waals surface area contributed by atoms with E-state index in [0.29, 0.717) is 5.69 Å². The summed E-state index contributed by atoms with van der Waals surface area (Å²) < 4.78 is 0.803. The number of halogens is 1. The van der Waals surface area contributed by atoms with E-state index in [1.807, 2.05) is 17.0 Å². The monoisotopic (exact) mass is 351 g/mol. The molecule has 1 aliphatic heterocycles. The molecule has 112 valence electrons. The van der Waals surface area contributed by atoms with Gasteiger partial charge in [-0.25, -0.2) is 4.99 Å². The number of phenolic OH excluding ortho intramolecular Hbond substituents is 1. The van der Waals surface area contributed by atoms with Gasteiger partial charge >= 0.3 is 0 Å². The molecule has 0 atom stereocenters. The fraction of sp³-hybridized carbons (Fsp3) is 0.429. The molecule has 7 heteroatoms. The van der Waals surface area contributed by atoms with Crippen LogP contribution in [0, 0.1) is 0 Å². The zero-order valence-corrected chi connectivity index (χ0v) is 13.2. The maximum atomic E-state index is 10.3. The minimum atomic E-state index is -0.528. The lowest BCUT2D eigenvalue weighted by atomic mass is 9.87. The SMILES string of the molecule is NC1=NC2(CCCCC2)N(c2ccc(Br)cc2O)C(N)=N1.